The fourth-order valence-corrected chi connectivity index (χ4v) is 2.71. The minimum Gasteiger partial charge on any atom is -0.398 e. The third kappa shape index (κ3) is 2.21. The topological polar surface area (TPSA) is 63.4 Å². The van der Waals surface area contributed by atoms with Gasteiger partial charge in [-0.2, -0.15) is 0 Å². The number of fused-ring (bicyclic) bond motifs is 1. The Hall–Kier alpha value is -2.21. The Bertz CT molecular complexity index is 776. The minimum atomic E-state index is -0.454. The molecule has 0 atom stereocenters. The summed E-state index contributed by atoms with van der Waals surface area (Å²) in [5.74, 6) is -1.30. The average Bonchev–Trinajstić information content (AvgIpc) is 2.69. The number of nitrogens with zero attached hydrogens (tertiary/aromatic N) is 1. The first-order chi connectivity index (χ1) is 9.99. The summed E-state index contributed by atoms with van der Waals surface area (Å²) < 4.78 is 13.9. The van der Waals surface area contributed by atoms with Crippen LogP contribution in [0.1, 0.15) is 26.3 Å². The molecular formula is C15H10BrFN2O2. The lowest BCUT2D eigenvalue weighted by molar-refractivity contribution is 0.0642. The smallest absolute Gasteiger partial charge is 0.263 e. The number of anilines is 1. The number of hydrogen-bond acceptors (Lipinski definition) is 3. The summed E-state index contributed by atoms with van der Waals surface area (Å²) in [6.45, 7) is -0.00979. The van der Waals surface area contributed by atoms with Crippen molar-refractivity contribution in [2.45, 2.75) is 6.54 Å². The monoisotopic (exact) mass is 348 g/mol. The molecule has 0 bridgehead atoms. The van der Waals surface area contributed by atoms with Crippen molar-refractivity contribution in [3.8, 4) is 0 Å². The van der Waals surface area contributed by atoms with Crippen LogP contribution >= 0.6 is 15.9 Å². The largest absolute Gasteiger partial charge is 0.398 e. The van der Waals surface area contributed by atoms with Crippen LogP contribution in [0.4, 0.5) is 10.1 Å². The molecule has 1 heterocycles. The molecule has 106 valence electrons. The first-order valence-electron chi connectivity index (χ1n) is 6.17. The van der Waals surface area contributed by atoms with Crippen molar-refractivity contribution in [2.24, 2.45) is 0 Å². The van der Waals surface area contributed by atoms with E-state index >= 15 is 0 Å². The van der Waals surface area contributed by atoms with E-state index in [4.69, 9.17) is 5.73 Å². The molecule has 0 spiro atoms. The SMILES string of the molecule is Nc1cccc2c1C(=O)N(Cc1cc(F)ccc1Br)C2=O. The van der Waals surface area contributed by atoms with Crippen molar-refractivity contribution in [1.29, 1.82) is 0 Å². The van der Waals surface area contributed by atoms with Crippen molar-refractivity contribution < 1.29 is 14.0 Å². The second kappa shape index (κ2) is 4.96. The molecule has 0 saturated heterocycles. The molecule has 2 N–H and O–H groups in total. The summed E-state index contributed by atoms with van der Waals surface area (Å²) in [5, 5.41) is 0. The van der Waals surface area contributed by atoms with Crippen molar-refractivity contribution >= 4 is 33.4 Å². The molecule has 0 radical (unpaired) electrons. The predicted molar refractivity (Wildman–Crippen MR) is 79.2 cm³/mol. The van der Waals surface area contributed by atoms with E-state index in [1.165, 1.54) is 18.2 Å². The molecule has 0 aromatic heterocycles. The molecule has 0 unspecified atom stereocenters. The van der Waals surface area contributed by atoms with Crippen LogP contribution in [0, 0.1) is 5.82 Å². The van der Waals surface area contributed by atoms with E-state index in [9.17, 15) is 14.0 Å². The van der Waals surface area contributed by atoms with Crippen LogP contribution in [0.3, 0.4) is 0 Å². The second-order valence-electron chi connectivity index (χ2n) is 4.70. The molecular weight excluding hydrogens is 339 g/mol. The zero-order valence-electron chi connectivity index (χ0n) is 10.8. The van der Waals surface area contributed by atoms with Gasteiger partial charge in [0.15, 0.2) is 0 Å². The number of carbonyl (C=O) groups excluding carboxylic acids is 2. The molecule has 6 heteroatoms. The number of hydrogen-bond donors (Lipinski definition) is 1. The highest BCUT2D eigenvalue weighted by atomic mass is 79.9. The third-order valence-electron chi connectivity index (χ3n) is 3.37. The summed E-state index contributed by atoms with van der Waals surface area (Å²) in [5.41, 5.74) is 7.05. The van der Waals surface area contributed by atoms with Gasteiger partial charge in [-0.1, -0.05) is 22.0 Å². The molecule has 2 aromatic rings. The first-order valence-corrected chi connectivity index (χ1v) is 6.97. The zero-order valence-corrected chi connectivity index (χ0v) is 12.4. The summed E-state index contributed by atoms with van der Waals surface area (Å²) in [6.07, 6.45) is 0. The van der Waals surface area contributed by atoms with Gasteiger partial charge in [-0.15, -0.1) is 0 Å². The zero-order chi connectivity index (χ0) is 15.1. The van der Waals surface area contributed by atoms with E-state index in [-0.39, 0.29) is 23.4 Å². The van der Waals surface area contributed by atoms with E-state index < -0.39 is 17.6 Å². The fourth-order valence-electron chi connectivity index (χ4n) is 2.34. The van der Waals surface area contributed by atoms with Gasteiger partial charge in [-0.25, -0.2) is 4.39 Å². The van der Waals surface area contributed by atoms with Crippen molar-refractivity contribution in [2.75, 3.05) is 5.73 Å². The summed E-state index contributed by atoms with van der Waals surface area (Å²) >= 11 is 3.29. The van der Waals surface area contributed by atoms with Crippen molar-refractivity contribution in [3.05, 3.63) is 63.4 Å². The summed E-state index contributed by atoms with van der Waals surface area (Å²) in [6, 6.07) is 8.89. The average molecular weight is 349 g/mol. The lowest BCUT2D eigenvalue weighted by Gasteiger charge is -2.15. The number of rotatable bonds is 2. The highest BCUT2D eigenvalue weighted by molar-refractivity contribution is 9.10. The first kappa shape index (κ1) is 13.8. The number of halogens is 2. The highest BCUT2D eigenvalue weighted by Gasteiger charge is 2.37. The quantitative estimate of drug-likeness (QED) is 0.670. The van der Waals surface area contributed by atoms with E-state index in [0.29, 0.717) is 10.0 Å². The van der Waals surface area contributed by atoms with Gasteiger partial charge in [-0.05, 0) is 35.9 Å². The Balaban J connectivity index is 1.99. The van der Waals surface area contributed by atoms with E-state index in [1.54, 1.807) is 18.2 Å². The predicted octanol–water partition coefficient (Wildman–Crippen LogP) is 2.97. The van der Waals surface area contributed by atoms with Crippen molar-refractivity contribution in [3.63, 3.8) is 0 Å². The molecule has 21 heavy (non-hydrogen) atoms. The van der Waals surface area contributed by atoms with Crippen LogP contribution in [-0.2, 0) is 6.54 Å². The summed E-state index contributed by atoms with van der Waals surface area (Å²) in [4.78, 5) is 25.7. The second-order valence-corrected chi connectivity index (χ2v) is 5.56. The Morgan fingerprint density at radius 1 is 1.14 bits per heavy atom. The highest BCUT2D eigenvalue weighted by Crippen LogP contribution is 2.30. The van der Waals surface area contributed by atoms with Crippen LogP contribution < -0.4 is 5.73 Å². The minimum absolute atomic E-state index is 0.00979. The standard InChI is InChI=1S/C15H10BrFN2O2/c16-11-5-4-9(17)6-8(11)7-19-14(20)10-2-1-3-12(18)13(10)15(19)21/h1-6H,7,18H2. The Morgan fingerprint density at radius 2 is 1.90 bits per heavy atom. The maximum Gasteiger partial charge on any atom is 0.263 e. The van der Waals surface area contributed by atoms with Crippen molar-refractivity contribution in [1.82, 2.24) is 4.90 Å². The maximum atomic E-state index is 13.3. The number of carbonyl (C=O) groups is 2. The van der Waals surface area contributed by atoms with Crippen LogP contribution in [0.25, 0.3) is 0 Å². The van der Waals surface area contributed by atoms with Gasteiger partial charge in [0.2, 0.25) is 0 Å². The van der Waals surface area contributed by atoms with Gasteiger partial charge in [0.25, 0.3) is 11.8 Å². The van der Waals surface area contributed by atoms with Crippen LogP contribution in [0.5, 0.6) is 0 Å². The van der Waals surface area contributed by atoms with Gasteiger partial charge < -0.3 is 5.73 Å². The van der Waals surface area contributed by atoms with Gasteiger partial charge in [0.05, 0.1) is 17.7 Å². The Labute approximate surface area is 128 Å². The van der Waals surface area contributed by atoms with Crippen LogP contribution in [0.2, 0.25) is 0 Å². The van der Waals surface area contributed by atoms with E-state index in [1.807, 2.05) is 0 Å². The van der Waals surface area contributed by atoms with Crippen LogP contribution in [-0.4, -0.2) is 16.7 Å². The lowest BCUT2D eigenvalue weighted by Crippen LogP contribution is -2.29. The molecule has 4 nitrogen and oxygen atoms in total. The summed E-state index contributed by atoms with van der Waals surface area (Å²) in [7, 11) is 0. The fraction of sp³-hybridized carbons (Fsp3) is 0.0667. The Kier molecular flexibility index (Phi) is 3.25. The molecule has 0 fully saturated rings. The molecule has 1 aliphatic heterocycles. The number of nitrogen functional groups attached to an aromatic ring is 1. The van der Waals surface area contributed by atoms with Gasteiger partial charge in [-0.3, -0.25) is 14.5 Å². The number of benzene rings is 2. The lowest BCUT2D eigenvalue weighted by atomic mass is 10.1. The normalized spacial score (nSPS) is 13.7. The molecule has 1 aliphatic rings. The molecule has 0 saturated carbocycles. The van der Waals surface area contributed by atoms with E-state index in [0.717, 1.165) is 4.90 Å². The Morgan fingerprint density at radius 3 is 2.62 bits per heavy atom. The van der Waals surface area contributed by atoms with Gasteiger partial charge in [0.1, 0.15) is 5.82 Å². The molecule has 3 rings (SSSR count). The maximum absolute atomic E-state index is 13.3. The third-order valence-corrected chi connectivity index (χ3v) is 4.14. The number of amides is 2. The number of imide groups is 1. The molecule has 2 amide bonds. The van der Waals surface area contributed by atoms with E-state index in [2.05, 4.69) is 15.9 Å². The number of nitrogens with two attached hydrogens (primary N) is 1. The molecule has 2 aromatic carbocycles. The van der Waals surface area contributed by atoms with Gasteiger partial charge >= 0.3 is 0 Å². The molecule has 0 aliphatic carbocycles. The van der Waals surface area contributed by atoms with Crippen LogP contribution in [0.15, 0.2) is 40.9 Å². The van der Waals surface area contributed by atoms with Gasteiger partial charge in [0, 0.05) is 10.2 Å².